The van der Waals surface area contributed by atoms with E-state index in [1.54, 1.807) is 0 Å². The van der Waals surface area contributed by atoms with Crippen molar-refractivity contribution in [2.24, 2.45) is 5.92 Å². The molecule has 0 saturated carbocycles. The number of piperazine rings is 1. The minimum atomic E-state index is 0.716. The van der Waals surface area contributed by atoms with Gasteiger partial charge in [-0.2, -0.15) is 0 Å². The van der Waals surface area contributed by atoms with Gasteiger partial charge in [-0.1, -0.05) is 26.7 Å². The van der Waals surface area contributed by atoms with Crippen molar-refractivity contribution in [3.05, 3.63) is 0 Å². The fourth-order valence-corrected chi connectivity index (χ4v) is 4.68. The normalized spacial score (nSPS) is 41.5. The highest BCUT2D eigenvalue weighted by molar-refractivity contribution is 4.96. The van der Waals surface area contributed by atoms with Gasteiger partial charge in [0.25, 0.3) is 0 Å². The number of nitrogens with zero attached hydrogens (tertiary/aromatic N) is 2. The molecule has 3 rings (SSSR count). The number of rotatable bonds is 3. The van der Waals surface area contributed by atoms with Gasteiger partial charge in [0.2, 0.25) is 0 Å². The van der Waals surface area contributed by atoms with E-state index in [4.69, 9.17) is 0 Å². The average molecular weight is 279 g/mol. The summed E-state index contributed by atoms with van der Waals surface area (Å²) in [5.41, 5.74) is 0. The van der Waals surface area contributed by atoms with Gasteiger partial charge >= 0.3 is 0 Å². The second kappa shape index (κ2) is 6.33. The molecule has 20 heavy (non-hydrogen) atoms. The first kappa shape index (κ1) is 14.8. The van der Waals surface area contributed by atoms with E-state index in [2.05, 4.69) is 36.0 Å². The molecule has 0 spiro atoms. The van der Waals surface area contributed by atoms with Gasteiger partial charge in [0.05, 0.1) is 0 Å². The molecule has 0 radical (unpaired) electrons. The Kier molecular flexibility index (Phi) is 4.68. The van der Waals surface area contributed by atoms with Crippen molar-refractivity contribution in [1.82, 2.24) is 15.1 Å². The average Bonchev–Trinajstić information content (AvgIpc) is 2.46. The third kappa shape index (κ3) is 2.90. The number of fused-ring (bicyclic) bond motifs is 2. The molecule has 3 saturated heterocycles. The van der Waals surface area contributed by atoms with Crippen LogP contribution in [0.2, 0.25) is 0 Å². The molecule has 3 aliphatic heterocycles. The van der Waals surface area contributed by atoms with Crippen LogP contribution in [0.3, 0.4) is 0 Å². The number of hydrogen-bond donors (Lipinski definition) is 1. The molecule has 2 bridgehead atoms. The Hall–Kier alpha value is -0.120. The topological polar surface area (TPSA) is 18.5 Å². The summed E-state index contributed by atoms with van der Waals surface area (Å²) in [6, 6.07) is 3.30. The lowest BCUT2D eigenvalue weighted by Gasteiger charge is -2.51. The highest BCUT2D eigenvalue weighted by Gasteiger charge is 2.39. The highest BCUT2D eigenvalue weighted by Crippen LogP contribution is 2.35. The van der Waals surface area contributed by atoms with E-state index in [9.17, 15) is 0 Å². The minimum absolute atomic E-state index is 0.716. The van der Waals surface area contributed by atoms with Gasteiger partial charge in [-0.05, 0) is 38.6 Å². The van der Waals surface area contributed by atoms with Crippen molar-refractivity contribution in [3.63, 3.8) is 0 Å². The molecular formula is C17H33N3. The van der Waals surface area contributed by atoms with Crippen LogP contribution in [0.1, 0.15) is 52.4 Å². The summed E-state index contributed by atoms with van der Waals surface area (Å²) >= 11 is 0. The predicted molar refractivity (Wildman–Crippen MR) is 85.0 cm³/mol. The zero-order chi connectivity index (χ0) is 14.1. The van der Waals surface area contributed by atoms with Crippen LogP contribution >= 0.6 is 0 Å². The first-order valence-corrected chi connectivity index (χ1v) is 8.88. The van der Waals surface area contributed by atoms with Crippen molar-refractivity contribution in [2.45, 2.75) is 76.5 Å². The van der Waals surface area contributed by atoms with Gasteiger partial charge in [0.15, 0.2) is 0 Å². The molecule has 0 aromatic carbocycles. The maximum atomic E-state index is 3.75. The maximum Gasteiger partial charge on any atom is 0.0221 e. The van der Waals surface area contributed by atoms with Crippen molar-refractivity contribution in [3.8, 4) is 0 Å². The lowest BCUT2D eigenvalue weighted by Crippen LogP contribution is -2.61. The number of hydrogen-bond acceptors (Lipinski definition) is 3. The standard InChI is InChI=1S/C17H33N3/c1-4-13(2)17-12-20(9-8-18-17)16-10-14-6-5-7-15(11-16)19(14)3/h13-18H,4-12H2,1-3H3. The van der Waals surface area contributed by atoms with E-state index in [0.717, 1.165) is 24.0 Å². The smallest absolute Gasteiger partial charge is 0.0221 e. The zero-order valence-electron chi connectivity index (χ0n) is 13.6. The predicted octanol–water partition coefficient (Wildman–Crippen LogP) is 2.32. The van der Waals surface area contributed by atoms with Gasteiger partial charge in [0.1, 0.15) is 0 Å². The molecule has 0 amide bonds. The van der Waals surface area contributed by atoms with Gasteiger partial charge in [-0.25, -0.2) is 0 Å². The van der Waals surface area contributed by atoms with Crippen molar-refractivity contribution in [1.29, 1.82) is 0 Å². The fraction of sp³-hybridized carbons (Fsp3) is 1.00. The summed E-state index contributed by atoms with van der Waals surface area (Å²) in [4.78, 5) is 5.51. The number of piperidine rings is 2. The van der Waals surface area contributed by atoms with Crippen LogP contribution in [-0.2, 0) is 0 Å². The Labute approximate surface area is 125 Å². The summed E-state index contributed by atoms with van der Waals surface area (Å²) < 4.78 is 0. The molecule has 0 aliphatic carbocycles. The van der Waals surface area contributed by atoms with E-state index in [1.807, 2.05) is 0 Å². The molecule has 3 heteroatoms. The van der Waals surface area contributed by atoms with Gasteiger partial charge in [0, 0.05) is 43.8 Å². The molecule has 3 fully saturated rings. The van der Waals surface area contributed by atoms with E-state index in [1.165, 1.54) is 58.2 Å². The summed E-state index contributed by atoms with van der Waals surface area (Å²) in [7, 11) is 2.37. The quantitative estimate of drug-likeness (QED) is 0.855. The van der Waals surface area contributed by atoms with E-state index >= 15 is 0 Å². The fourth-order valence-electron chi connectivity index (χ4n) is 4.68. The summed E-state index contributed by atoms with van der Waals surface area (Å²) in [6.45, 7) is 8.47. The molecule has 3 aliphatic rings. The summed E-state index contributed by atoms with van der Waals surface area (Å²) in [5.74, 6) is 0.809. The van der Waals surface area contributed by atoms with Gasteiger partial charge < -0.3 is 10.2 Å². The van der Waals surface area contributed by atoms with Gasteiger partial charge in [-0.3, -0.25) is 4.90 Å². The molecule has 4 atom stereocenters. The van der Waals surface area contributed by atoms with Crippen LogP contribution in [0.15, 0.2) is 0 Å². The molecule has 1 N–H and O–H groups in total. The maximum absolute atomic E-state index is 3.75. The monoisotopic (exact) mass is 279 g/mol. The largest absolute Gasteiger partial charge is 0.311 e. The zero-order valence-corrected chi connectivity index (χ0v) is 13.6. The van der Waals surface area contributed by atoms with E-state index in [-0.39, 0.29) is 0 Å². The lowest BCUT2D eigenvalue weighted by molar-refractivity contribution is -0.00250. The Morgan fingerprint density at radius 3 is 2.50 bits per heavy atom. The van der Waals surface area contributed by atoms with Crippen LogP contribution in [0, 0.1) is 5.92 Å². The Balaban J connectivity index is 1.61. The molecule has 3 nitrogen and oxygen atoms in total. The Morgan fingerprint density at radius 1 is 1.15 bits per heavy atom. The summed E-state index contributed by atoms with van der Waals surface area (Å²) in [5, 5.41) is 3.75. The van der Waals surface area contributed by atoms with Crippen molar-refractivity contribution < 1.29 is 0 Å². The first-order valence-electron chi connectivity index (χ1n) is 8.88. The van der Waals surface area contributed by atoms with Crippen molar-refractivity contribution in [2.75, 3.05) is 26.7 Å². The molecule has 116 valence electrons. The second-order valence-electron chi connectivity index (χ2n) is 7.47. The minimum Gasteiger partial charge on any atom is -0.311 e. The Bertz CT molecular complexity index is 305. The van der Waals surface area contributed by atoms with Crippen LogP contribution in [0.5, 0.6) is 0 Å². The third-order valence-electron chi connectivity index (χ3n) is 6.40. The van der Waals surface area contributed by atoms with E-state index < -0.39 is 0 Å². The second-order valence-corrected chi connectivity index (χ2v) is 7.47. The molecular weight excluding hydrogens is 246 g/mol. The third-order valence-corrected chi connectivity index (χ3v) is 6.40. The number of nitrogens with one attached hydrogen (secondary N) is 1. The highest BCUT2D eigenvalue weighted by atomic mass is 15.3. The Morgan fingerprint density at radius 2 is 1.85 bits per heavy atom. The summed E-state index contributed by atoms with van der Waals surface area (Å²) in [6.07, 6.45) is 8.46. The van der Waals surface area contributed by atoms with Crippen LogP contribution in [-0.4, -0.2) is 60.6 Å². The lowest BCUT2D eigenvalue weighted by atomic mass is 9.81. The van der Waals surface area contributed by atoms with Gasteiger partial charge in [-0.15, -0.1) is 0 Å². The first-order chi connectivity index (χ1) is 9.69. The van der Waals surface area contributed by atoms with Crippen molar-refractivity contribution >= 4 is 0 Å². The van der Waals surface area contributed by atoms with Crippen LogP contribution in [0.25, 0.3) is 0 Å². The van der Waals surface area contributed by atoms with Crippen LogP contribution in [0.4, 0.5) is 0 Å². The SMILES string of the molecule is CCC(C)C1CN(C2CC3CCCC(C2)N3C)CCN1. The molecule has 0 aromatic rings. The molecule has 0 aromatic heterocycles. The van der Waals surface area contributed by atoms with E-state index in [0.29, 0.717) is 6.04 Å². The van der Waals surface area contributed by atoms with Crippen LogP contribution < -0.4 is 5.32 Å². The molecule has 3 heterocycles. The molecule has 4 unspecified atom stereocenters.